The molecule has 0 spiro atoms. The summed E-state index contributed by atoms with van der Waals surface area (Å²) in [4.78, 5) is 2.26. The van der Waals surface area contributed by atoms with Crippen molar-refractivity contribution >= 4 is 27.3 Å². The van der Waals surface area contributed by atoms with E-state index in [0.717, 1.165) is 16.8 Å². The van der Waals surface area contributed by atoms with Gasteiger partial charge in [0.05, 0.1) is 16.5 Å². The van der Waals surface area contributed by atoms with Gasteiger partial charge in [-0.05, 0) is 53.9 Å². The van der Waals surface area contributed by atoms with E-state index in [1.165, 1.54) is 12.1 Å². The lowest BCUT2D eigenvalue weighted by atomic mass is 9.98. The molecular formula is C23H20ClN3O2S. The highest BCUT2D eigenvalue weighted by molar-refractivity contribution is 7.89. The summed E-state index contributed by atoms with van der Waals surface area (Å²) in [7, 11) is -3.76. The van der Waals surface area contributed by atoms with E-state index >= 15 is 0 Å². The number of nitrogens with one attached hydrogen (secondary N) is 1. The quantitative estimate of drug-likeness (QED) is 0.651. The van der Waals surface area contributed by atoms with E-state index < -0.39 is 10.0 Å². The molecule has 3 aromatic rings. The van der Waals surface area contributed by atoms with Crippen LogP contribution < -0.4 is 9.62 Å². The third-order valence-electron chi connectivity index (χ3n) is 5.10. The van der Waals surface area contributed by atoms with Crippen LogP contribution in [0.1, 0.15) is 16.7 Å². The fourth-order valence-electron chi connectivity index (χ4n) is 3.77. The lowest BCUT2D eigenvalue weighted by Crippen LogP contribution is -2.48. The van der Waals surface area contributed by atoms with Crippen molar-refractivity contribution in [3.05, 3.63) is 94.5 Å². The Bertz CT molecular complexity index is 1210. The van der Waals surface area contributed by atoms with Crippen LogP contribution in [0.15, 0.2) is 77.7 Å². The standard InChI is InChI=1S/C23H20ClN3O2S/c24-20-9-10-23-19(12-20)13-21(16-27(23)15-17-5-2-1-3-6-17)26-30(28,29)22-8-4-7-18(11-22)14-25/h1-12,21,26H,13,15-16H2. The number of hydrogen-bond donors (Lipinski definition) is 1. The van der Waals surface area contributed by atoms with E-state index in [1.807, 2.05) is 42.5 Å². The van der Waals surface area contributed by atoms with Crippen LogP contribution in [0.3, 0.4) is 0 Å². The van der Waals surface area contributed by atoms with Crippen molar-refractivity contribution in [3.63, 3.8) is 0 Å². The van der Waals surface area contributed by atoms with Gasteiger partial charge in [-0.25, -0.2) is 13.1 Å². The van der Waals surface area contributed by atoms with Gasteiger partial charge in [0.1, 0.15) is 0 Å². The van der Waals surface area contributed by atoms with Crippen molar-refractivity contribution in [2.24, 2.45) is 0 Å². The number of halogens is 1. The molecule has 1 aliphatic heterocycles. The minimum Gasteiger partial charge on any atom is -0.365 e. The number of nitrogens with zero attached hydrogens (tertiary/aromatic N) is 2. The van der Waals surface area contributed by atoms with Crippen molar-refractivity contribution in [1.29, 1.82) is 5.26 Å². The van der Waals surface area contributed by atoms with Gasteiger partial charge in [0.2, 0.25) is 10.0 Å². The molecule has 7 heteroatoms. The number of benzene rings is 3. The molecule has 0 saturated heterocycles. The second-order valence-corrected chi connectivity index (χ2v) is 9.45. The third kappa shape index (κ3) is 4.49. The molecule has 0 fully saturated rings. The molecular weight excluding hydrogens is 418 g/mol. The second-order valence-electron chi connectivity index (χ2n) is 7.30. The predicted molar refractivity (Wildman–Crippen MR) is 118 cm³/mol. The summed E-state index contributed by atoms with van der Waals surface area (Å²) in [5.74, 6) is 0. The molecule has 5 nitrogen and oxygen atoms in total. The third-order valence-corrected chi connectivity index (χ3v) is 6.85. The Morgan fingerprint density at radius 3 is 2.63 bits per heavy atom. The van der Waals surface area contributed by atoms with E-state index in [0.29, 0.717) is 30.1 Å². The van der Waals surface area contributed by atoms with Crippen LogP contribution in [-0.2, 0) is 23.0 Å². The first-order chi connectivity index (χ1) is 14.4. The zero-order valence-electron chi connectivity index (χ0n) is 16.1. The summed E-state index contributed by atoms with van der Waals surface area (Å²) < 4.78 is 28.7. The molecule has 1 unspecified atom stereocenters. The number of fused-ring (bicyclic) bond motifs is 1. The minimum atomic E-state index is -3.76. The number of hydrogen-bond acceptors (Lipinski definition) is 4. The molecule has 30 heavy (non-hydrogen) atoms. The highest BCUT2D eigenvalue weighted by Crippen LogP contribution is 2.31. The minimum absolute atomic E-state index is 0.0908. The smallest absolute Gasteiger partial charge is 0.240 e. The van der Waals surface area contributed by atoms with Crippen LogP contribution in [0.2, 0.25) is 5.02 Å². The van der Waals surface area contributed by atoms with Crippen LogP contribution in [0, 0.1) is 11.3 Å². The summed E-state index contributed by atoms with van der Waals surface area (Å²) in [6.45, 7) is 1.19. The largest absolute Gasteiger partial charge is 0.365 e. The highest BCUT2D eigenvalue weighted by Gasteiger charge is 2.28. The Balaban J connectivity index is 1.62. The fraction of sp³-hybridized carbons (Fsp3) is 0.174. The molecule has 0 aromatic heterocycles. The van der Waals surface area contributed by atoms with Gasteiger partial charge < -0.3 is 4.90 Å². The molecule has 152 valence electrons. The zero-order chi connectivity index (χ0) is 21.1. The Labute approximate surface area is 181 Å². The maximum Gasteiger partial charge on any atom is 0.240 e. The average molecular weight is 438 g/mol. The molecule has 1 aliphatic rings. The summed E-state index contributed by atoms with van der Waals surface area (Å²) in [5.41, 5.74) is 3.52. The van der Waals surface area contributed by atoms with Gasteiger partial charge in [0.25, 0.3) is 0 Å². The van der Waals surface area contributed by atoms with Crippen molar-refractivity contribution < 1.29 is 8.42 Å². The van der Waals surface area contributed by atoms with Gasteiger partial charge in [0, 0.05) is 29.8 Å². The maximum atomic E-state index is 12.9. The molecule has 4 rings (SSSR count). The topological polar surface area (TPSA) is 73.2 Å². The molecule has 0 aliphatic carbocycles. The van der Waals surface area contributed by atoms with E-state index in [-0.39, 0.29) is 10.9 Å². The number of sulfonamides is 1. The predicted octanol–water partition coefficient (Wildman–Crippen LogP) is 4.12. The first-order valence-electron chi connectivity index (χ1n) is 9.54. The summed E-state index contributed by atoms with van der Waals surface area (Å²) >= 11 is 6.21. The highest BCUT2D eigenvalue weighted by atomic mass is 35.5. The Morgan fingerprint density at radius 2 is 1.87 bits per heavy atom. The lowest BCUT2D eigenvalue weighted by Gasteiger charge is -2.36. The van der Waals surface area contributed by atoms with Crippen LogP contribution in [0.25, 0.3) is 0 Å². The van der Waals surface area contributed by atoms with Crippen LogP contribution >= 0.6 is 11.6 Å². The molecule has 3 aromatic carbocycles. The van der Waals surface area contributed by atoms with Gasteiger partial charge in [-0.1, -0.05) is 48.0 Å². The summed E-state index contributed by atoms with van der Waals surface area (Å²) in [5, 5.41) is 9.70. The van der Waals surface area contributed by atoms with Crippen molar-refractivity contribution in [1.82, 2.24) is 4.72 Å². The van der Waals surface area contributed by atoms with Crippen molar-refractivity contribution in [3.8, 4) is 6.07 Å². The van der Waals surface area contributed by atoms with E-state index in [2.05, 4.69) is 21.8 Å². The first kappa shape index (κ1) is 20.4. The maximum absolute atomic E-state index is 12.9. The SMILES string of the molecule is N#Cc1cccc(S(=O)(=O)NC2Cc3cc(Cl)ccc3N(Cc3ccccc3)C2)c1. The van der Waals surface area contributed by atoms with Gasteiger partial charge >= 0.3 is 0 Å². The normalized spacial score (nSPS) is 16.0. The average Bonchev–Trinajstić information content (AvgIpc) is 2.74. The zero-order valence-corrected chi connectivity index (χ0v) is 17.7. The van der Waals surface area contributed by atoms with Gasteiger partial charge in [-0.3, -0.25) is 0 Å². The van der Waals surface area contributed by atoms with Gasteiger partial charge in [-0.15, -0.1) is 0 Å². The number of rotatable bonds is 5. The molecule has 0 saturated carbocycles. The summed E-state index contributed by atoms with van der Waals surface area (Å²) in [6, 6.07) is 23.5. The summed E-state index contributed by atoms with van der Waals surface area (Å²) in [6.07, 6.45) is 0.540. The molecule has 0 amide bonds. The van der Waals surface area contributed by atoms with E-state index in [9.17, 15) is 8.42 Å². The van der Waals surface area contributed by atoms with Gasteiger partial charge in [-0.2, -0.15) is 5.26 Å². The lowest BCUT2D eigenvalue weighted by molar-refractivity contribution is 0.524. The Hall–Kier alpha value is -2.85. The molecule has 0 bridgehead atoms. The first-order valence-corrected chi connectivity index (χ1v) is 11.4. The molecule has 0 radical (unpaired) electrons. The van der Waals surface area contributed by atoms with Crippen LogP contribution in [0.5, 0.6) is 0 Å². The van der Waals surface area contributed by atoms with Crippen molar-refractivity contribution in [2.45, 2.75) is 23.9 Å². The Morgan fingerprint density at radius 1 is 1.07 bits per heavy atom. The second kappa shape index (κ2) is 8.49. The molecule has 1 heterocycles. The van der Waals surface area contributed by atoms with Crippen molar-refractivity contribution in [2.75, 3.05) is 11.4 Å². The monoisotopic (exact) mass is 437 g/mol. The fourth-order valence-corrected chi connectivity index (χ4v) is 5.24. The number of nitriles is 1. The Kier molecular flexibility index (Phi) is 5.78. The van der Waals surface area contributed by atoms with Crippen LogP contribution in [0.4, 0.5) is 5.69 Å². The molecule has 1 N–H and O–H groups in total. The number of anilines is 1. The molecule has 1 atom stereocenters. The van der Waals surface area contributed by atoms with E-state index in [1.54, 1.807) is 12.1 Å². The van der Waals surface area contributed by atoms with Crippen LogP contribution in [-0.4, -0.2) is 21.0 Å². The van der Waals surface area contributed by atoms with Gasteiger partial charge in [0.15, 0.2) is 0 Å². The van der Waals surface area contributed by atoms with E-state index in [4.69, 9.17) is 16.9 Å².